The fraction of sp³-hybridized carbons (Fsp3) is 0.308. The van der Waals surface area contributed by atoms with Crippen molar-refractivity contribution in [3.63, 3.8) is 0 Å². The number of carboxylic acids is 2. The van der Waals surface area contributed by atoms with E-state index in [-0.39, 0.29) is 23.5 Å². The first-order valence-corrected chi connectivity index (χ1v) is 8.21. The van der Waals surface area contributed by atoms with E-state index in [1.807, 2.05) is 0 Å². The van der Waals surface area contributed by atoms with Crippen LogP contribution in [0.3, 0.4) is 0 Å². The molecule has 0 bridgehead atoms. The number of primary sulfonamides is 1. The number of carbonyl (C=O) groups is 3. The summed E-state index contributed by atoms with van der Waals surface area (Å²) in [5.41, 5.74) is 0.186. The second kappa shape index (κ2) is 8.38. The maximum atomic E-state index is 11.9. The first-order valence-electron chi connectivity index (χ1n) is 6.66. The molecule has 1 rings (SSSR count). The molecular formula is C13H17N3O7S. The molecule has 24 heavy (non-hydrogen) atoms. The Labute approximate surface area is 137 Å². The van der Waals surface area contributed by atoms with E-state index in [4.69, 9.17) is 15.4 Å². The molecule has 1 amide bonds. The molecular weight excluding hydrogens is 342 g/mol. The zero-order valence-electron chi connectivity index (χ0n) is 12.5. The van der Waals surface area contributed by atoms with E-state index in [9.17, 15) is 22.8 Å². The van der Waals surface area contributed by atoms with Crippen LogP contribution in [0.5, 0.6) is 0 Å². The maximum absolute atomic E-state index is 11.9. The number of sulfonamides is 1. The van der Waals surface area contributed by atoms with E-state index in [1.54, 1.807) is 0 Å². The third-order valence-electron chi connectivity index (χ3n) is 2.88. The average molecular weight is 359 g/mol. The van der Waals surface area contributed by atoms with Crippen LogP contribution in [0.2, 0.25) is 0 Å². The maximum Gasteiger partial charge on any atom is 0.317 e. The zero-order chi connectivity index (χ0) is 18.3. The van der Waals surface area contributed by atoms with E-state index in [0.717, 1.165) is 4.90 Å². The summed E-state index contributed by atoms with van der Waals surface area (Å²) in [6.45, 7) is -0.883. The second-order valence-corrected chi connectivity index (χ2v) is 6.38. The van der Waals surface area contributed by atoms with E-state index in [0.29, 0.717) is 0 Å². The summed E-state index contributed by atoms with van der Waals surface area (Å²) in [7, 11) is -3.85. The van der Waals surface area contributed by atoms with Gasteiger partial charge in [0.1, 0.15) is 0 Å². The highest BCUT2D eigenvalue weighted by Gasteiger charge is 2.14. The highest BCUT2D eigenvalue weighted by Crippen LogP contribution is 2.08. The van der Waals surface area contributed by atoms with Gasteiger partial charge in [0.25, 0.3) is 5.91 Å². The van der Waals surface area contributed by atoms with Crippen LogP contribution in [0, 0.1) is 0 Å². The monoisotopic (exact) mass is 359 g/mol. The van der Waals surface area contributed by atoms with Gasteiger partial charge in [-0.05, 0) is 24.3 Å². The lowest BCUT2D eigenvalue weighted by Gasteiger charge is -2.18. The van der Waals surface area contributed by atoms with Crippen molar-refractivity contribution in [1.29, 1.82) is 0 Å². The predicted molar refractivity (Wildman–Crippen MR) is 81.9 cm³/mol. The van der Waals surface area contributed by atoms with Gasteiger partial charge in [0.05, 0.1) is 18.0 Å². The molecule has 0 aliphatic rings. The van der Waals surface area contributed by atoms with Crippen LogP contribution in [0.1, 0.15) is 10.4 Å². The number of carboxylic acid groups (broad SMARTS) is 2. The highest BCUT2D eigenvalue weighted by atomic mass is 32.2. The van der Waals surface area contributed by atoms with Crippen LogP contribution in [0.25, 0.3) is 0 Å². The molecule has 0 fully saturated rings. The number of hydrogen-bond acceptors (Lipinski definition) is 6. The van der Waals surface area contributed by atoms with E-state index in [2.05, 4.69) is 5.32 Å². The van der Waals surface area contributed by atoms with Gasteiger partial charge in [-0.2, -0.15) is 0 Å². The molecule has 10 nitrogen and oxygen atoms in total. The number of rotatable bonds is 9. The molecule has 0 radical (unpaired) electrons. The molecule has 0 atom stereocenters. The summed E-state index contributed by atoms with van der Waals surface area (Å²) in [6.07, 6.45) is 0. The topological polar surface area (TPSA) is 167 Å². The summed E-state index contributed by atoms with van der Waals surface area (Å²) >= 11 is 0. The van der Waals surface area contributed by atoms with Crippen molar-refractivity contribution >= 4 is 27.9 Å². The molecule has 0 aliphatic carbocycles. The Bertz CT molecular complexity index is 700. The van der Waals surface area contributed by atoms with Gasteiger partial charge in [0.15, 0.2) is 0 Å². The van der Waals surface area contributed by atoms with Gasteiger partial charge in [0.2, 0.25) is 10.0 Å². The van der Waals surface area contributed by atoms with Gasteiger partial charge in [-0.3, -0.25) is 19.3 Å². The normalized spacial score (nSPS) is 11.2. The summed E-state index contributed by atoms with van der Waals surface area (Å²) in [5.74, 6) is -2.87. The van der Waals surface area contributed by atoms with Gasteiger partial charge >= 0.3 is 11.9 Å². The zero-order valence-corrected chi connectivity index (χ0v) is 13.3. The second-order valence-electron chi connectivity index (χ2n) is 4.82. The van der Waals surface area contributed by atoms with Crippen LogP contribution in [-0.2, 0) is 19.6 Å². The number of nitrogens with one attached hydrogen (secondary N) is 1. The Balaban J connectivity index is 2.58. The van der Waals surface area contributed by atoms with Gasteiger partial charge in [-0.15, -0.1) is 0 Å². The highest BCUT2D eigenvalue weighted by molar-refractivity contribution is 7.89. The van der Waals surface area contributed by atoms with E-state index < -0.39 is 41.0 Å². The number of nitrogens with two attached hydrogens (primary N) is 1. The predicted octanol–water partition coefficient (Wildman–Crippen LogP) is -1.46. The molecule has 0 heterocycles. The Morgan fingerprint density at radius 1 is 1.04 bits per heavy atom. The summed E-state index contributed by atoms with van der Waals surface area (Å²) in [4.78, 5) is 34.2. The molecule has 1 aromatic carbocycles. The molecule has 132 valence electrons. The number of carbonyl (C=O) groups excluding carboxylic acids is 1. The molecule has 0 unspecified atom stereocenters. The lowest BCUT2D eigenvalue weighted by Crippen LogP contribution is -2.40. The van der Waals surface area contributed by atoms with Crippen molar-refractivity contribution in [2.75, 3.05) is 26.2 Å². The first kappa shape index (κ1) is 19.5. The number of aliphatic carboxylic acids is 2. The standard InChI is InChI=1S/C13H17N3O7S/c14-24(22,23)10-3-1-9(2-4-10)13(21)15-5-6-16(7-11(17)18)8-12(19)20/h1-4H,5-8H2,(H,15,21)(H,17,18)(H,19,20)(H2,14,22,23). The van der Waals surface area contributed by atoms with Gasteiger partial charge in [-0.25, -0.2) is 13.6 Å². The smallest absolute Gasteiger partial charge is 0.317 e. The quantitative estimate of drug-likeness (QED) is 0.415. The molecule has 0 aliphatic heterocycles. The number of benzene rings is 1. The summed E-state index contributed by atoms with van der Waals surface area (Å²) < 4.78 is 22.2. The molecule has 1 aromatic rings. The van der Waals surface area contributed by atoms with Crippen LogP contribution >= 0.6 is 0 Å². The van der Waals surface area contributed by atoms with Gasteiger partial charge in [0, 0.05) is 18.7 Å². The van der Waals surface area contributed by atoms with Gasteiger partial charge < -0.3 is 15.5 Å². The Morgan fingerprint density at radius 3 is 1.96 bits per heavy atom. The summed E-state index contributed by atoms with van der Waals surface area (Å²) in [6, 6.07) is 4.93. The molecule has 0 saturated carbocycles. The summed E-state index contributed by atoms with van der Waals surface area (Å²) in [5, 5.41) is 24.8. The van der Waals surface area contributed by atoms with Crippen molar-refractivity contribution in [2.24, 2.45) is 5.14 Å². The van der Waals surface area contributed by atoms with Crippen LogP contribution in [0.15, 0.2) is 29.2 Å². The van der Waals surface area contributed by atoms with E-state index in [1.165, 1.54) is 24.3 Å². The minimum absolute atomic E-state index is 0.0241. The molecule has 0 saturated heterocycles. The lowest BCUT2D eigenvalue weighted by molar-refractivity contribution is -0.141. The molecule has 0 spiro atoms. The molecule has 5 N–H and O–H groups in total. The Kier molecular flexibility index (Phi) is 6.82. The average Bonchev–Trinajstić information content (AvgIpc) is 2.45. The fourth-order valence-electron chi connectivity index (χ4n) is 1.82. The first-order chi connectivity index (χ1) is 11.1. The number of hydrogen-bond donors (Lipinski definition) is 4. The van der Waals surface area contributed by atoms with Gasteiger partial charge in [-0.1, -0.05) is 0 Å². The van der Waals surface area contributed by atoms with E-state index >= 15 is 0 Å². The largest absolute Gasteiger partial charge is 0.480 e. The van der Waals surface area contributed by atoms with Crippen molar-refractivity contribution < 1.29 is 33.0 Å². The van der Waals surface area contributed by atoms with Crippen molar-refractivity contribution in [2.45, 2.75) is 4.90 Å². The molecule has 0 aromatic heterocycles. The molecule has 11 heteroatoms. The van der Waals surface area contributed by atoms with Crippen molar-refractivity contribution in [3.8, 4) is 0 Å². The SMILES string of the molecule is NS(=O)(=O)c1ccc(C(=O)NCCN(CC(=O)O)CC(=O)O)cc1. The third-order valence-corrected chi connectivity index (χ3v) is 3.81. The number of nitrogens with zero attached hydrogens (tertiary/aromatic N) is 1. The van der Waals surface area contributed by atoms with Crippen LogP contribution in [-0.4, -0.2) is 67.6 Å². The van der Waals surface area contributed by atoms with Crippen molar-refractivity contribution in [3.05, 3.63) is 29.8 Å². The van der Waals surface area contributed by atoms with Crippen LogP contribution < -0.4 is 10.5 Å². The Hall–Kier alpha value is -2.50. The fourth-order valence-corrected chi connectivity index (χ4v) is 2.34. The minimum atomic E-state index is -3.85. The lowest BCUT2D eigenvalue weighted by atomic mass is 10.2. The van der Waals surface area contributed by atoms with Crippen LogP contribution in [0.4, 0.5) is 0 Å². The third kappa shape index (κ3) is 6.73. The minimum Gasteiger partial charge on any atom is -0.480 e. The number of amides is 1. The Morgan fingerprint density at radius 2 is 1.54 bits per heavy atom. The van der Waals surface area contributed by atoms with Crippen molar-refractivity contribution in [1.82, 2.24) is 10.2 Å².